The van der Waals surface area contributed by atoms with Crippen LogP contribution in [0.5, 0.6) is 0 Å². The van der Waals surface area contributed by atoms with Gasteiger partial charge in [0.25, 0.3) is 0 Å². The van der Waals surface area contributed by atoms with Gasteiger partial charge >= 0.3 is 0 Å². The van der Waals surface area contributed by atoms with E-state index in [9.17, 15) is 4.79 Å². The van der Waals surface area contributed by atoms with Gasteiger partial charge in [-0.15, -0.1) is 0 Å². The number of benzene rings is 1. The molecule has 3 heteroatoms. The minimum atomic E-state index is 0.272. The summed E-state index contributed by atoms with van der Waals surface area (Å²) in [7, 11) is 0. The van der Waals surface area contributed by atoms with Crippen molar-refractivity contribution < 1.29 is 4.79 Å². The molecule has 0 aliphatic rings. The van der Waals surface area contributed by atoms with Crippen LogP contribution in [0.1, 0.15) is 39.2 Å². The van der Waals surface area contributed by atoms with Gasteiger partial charge in [0.1, 0.15) is 0 Å². The number of hydrogen-bond donors (Lipinski definition) is 1. The lowest BCUT2D eigenvalue weighted by molar-refractivity contribution is -0.131. The topological polar surface area (TPSA) is 32.3 Å². The van der Waals surface area contributed by atoms with Crippen LogP contribution >= 0.6 is 0 Å². The van der Waals surface area contributed by atoms with E-state index in [0.717, 1.165) is 32.5 Å². The molecule has 112 valence electrons. The van der Waals surface area contributed by atoms with Gasteiger partial charge in [0.15, 0.2) is 0 Å². The Labute approximate surface area is 123 Å². The van der Waals surface area contributed by atoms with Crippen molar-refractivity contribution in [1.82, 2.24) is 10.2 Å². The largest absolute Gasteiger partial charge is 0.343 e. The first-order valence-corrected chi connectivity index (χ1v) is 7.68. The SMILES string of the molecule is CCN(CCc1ccccc1)C(=O)CCCNC(C)C. The first-order valence-electron chi connectivity index (χ1n) is 7.68. The van der Waals surface area contributed by atoms with Crippen LogP contribution < -0.4 is 5.32 Å². The van der Waals surface area contributed by atoms with Crippen LogP contribution in [0.2, 0.25) is 0 Å². The Bertz CT molecular complexity index is 376. The Morgan fingerprint density at radius 1 is 1.25 bits per heavy atom. The summed E-state index contributed by atoms with van der Waals surface area (Å²) in [5.41, 5.74) is 1.29. The van der Waals surface area contributed by atoms with Crippen molar-refractivity contribution in [3.8, 4) is 0 Å². The third-order valence-corrected chi connectivity index (χ3v) is 3.37. The van der Waals surface area contributed by atoms with Crippen molar-refractivity contribution in [2.24, 2.45) is 0 Å². The number of carbonyl (C=O) groups excluding carboxylic acids is 1. The van der Waals surface area contributed by atoms with Crippen molar-refractivity contribution in [1.29, 1.82) is 0 Å². The standard InChI is InChI=1S/C17H28N2O/c1-4-19(14-12-16-9-6-5-7-10-16)17(20)11-8-13-18-15(2)3/h5-7,9-10,15,18H,4,8,11-14H2,1-3H3. The Balaban J connectivity index is 2.28. The van der Waals surface area contributed by atoms with Crippen molar-refractivity contribution in [3.05, 3.63) is 35.9 Å². The Hall–Kier alpha value is -1.35. The van der Waals surface area contributed by atoms with Gasteiger partial charge in [0, 0.05) is 25.6 Å². The molecule has 0 aliphatic carbocycles. The molecule has 20 heavy (non-hydrogen) atoms. The highest BCUT2D eigenvalue weighted by Crippen LogP contribution is 2.04. The predicted molar refractivity (Wildman–Crippen MR) is 84.8 cm³/mol. The molecule has 0 radical (unpaired) electrons. The van der Waals surface area contributed by atoms with Gasteiger partial charge < -0.3 is 10.2 Å². The van der Waals surface area contributed by atoms with Crippen LogP contribution in [0.4, 0.5) is 0 Å². The van der Waals surface area contributed by atoms with Crippen LogP contribution in [0, 0.1) is 0 Å². The summed E-state index contributed by atoms with van der Waals surface area (Å²) in [4.78, 5) is 14.1. The third-order valence-electron chi connectivity index (χ3n) is 3.37. The lowest BCUT2D eigenvalue weighted by atomic mass is 10.1. The second kappa shape index (κ2) is 9.54. The molecule has 1 aromatic rings. The number of nitrogens with one attached hydrogen (secondary N) is 1. The summed E-state index contributed by atoms with van der Waals surface area (Å²) in [5, 5.41) is 3.34. The number of likely N-dealkylation sites (N-methyl/N-ethyl adjacent to an activating group) is 1. The Morgan fingerprint density at radius 3 is 2.55 bits per heavy atom. The zero-order chi connectivity index (χ0) is 14.8. The minimum absolute atomic E-state index is 0.272. The highest BCUT2D eigenvalue weighted by molar-refractivity contribution is 5.76. The molecule has 0 unspecified atom stereocenters. The predicted octanol–water partition coefficient (Wildman–Crippen LogP) is 2.86. The van der Waals surface area contributed by atoms with E-state index in [2.05, 4.69) is 38.2 Å². The molecule has 1 N–H and O–H groups in total. The maximum absolute atomic E-state index is 12.1. The highest BCUT2D eigenvalue weighted by atomic mass is 16.2. The summed E-state index contributed by atoms with van der Waals surface area (Å²) in [5.74, 6) is 0.272. The molecule has 0 saturated carbocycles. The van der Waals surface area contributed by atoms with Gasteiger partial charge in [-0.25, -0.2) is 0 Å². The number of amides is 1. The average Bonchev–Trinajstić information content (AvgIpc) is 2.45. The monoisotopic (exact) mass is 276 g/mol. The quantitative estimate of drug-likeness (QED) is 0.703. The maximum Gasteiger partial charge on any atom is 0.222 e. The van der Waals surface area contributed by atoms with E-state index < -0.39 is 0 Å². The zero-order valence-electron chi connectivity index (χ0n) is 13.1. The molecule has 0 atom stereocenters. The summed E-state index contributed by atoms with van der Waals surface area (Å²) in [6.07, 6.45) is 2.49. The molecule has 0 spiro atoms. The fourth-order valence-corrected chi connectivity index (χ4v) is 2.16. The summed E-state index contributed by atoms with van der Waals surface area (Å²) < 4.78 is 0. The van der Waals surface area contributed by atoms with Crippen LogP contribution in [0.15, 0.2) is 30.3 Å². The second-order valence-corrected chi connectivity index (χ2v) is 5.42. The van der Waals surface area contributed by atoms with Crippen LogP contribution in [-0.4, -0.2) is 36.5 Å². The van der Waals surface area contributed by atoms with Crippen LogP contribution in [0.25, 0.3) is 0 Å². The molecular weight excluding hydrogens is 248 g/mol. The maximum atomic E-state index is 12.1. The van der Waals surface area contributed by atoms with Crippen molar-refractivity contribution in [2.75, 3.05) is 19.6 Å². The van der Waals surface area contributed by atoms with E-state index in [0.29, 0.717) is 12.5 Å². The lowest BCUT2D eigenvalue weighted by Gasteiger charge is -2.21. The molecule has 1 aromatic carbocycles. The zero-order valence-corrected chi connectivity index (χ0v) is 13.1. The Morgan fingerprint density at radius 2 is 1.95 bits per heavy atom. The van der Waals surface area contributed by atoms with Gasteiger partial charge in [-0.1, -0.05) is 44.2 Å². The molecular formula is C17H28N2O. The third kappa shape index (κ3) is 6.71. The van der Waals surface area contributed by atoms with Gasteiger partial charge in [-0.3, -0.25) is 4.79 Å². The van der Waals surface area contributed by atoms with E-state index in [1.165, 1.54) is 5.56 Å². The number of hydrogen-bond acceptors (Lipinski definition) is 2. The van der Waals surface area contributed by atoms with E-state index in [4.69, 9.17) is 0 Å². The summed E-state index contributed by atoms with van der Waals surface area (Å²) >= 11 is 0. The molecule has 1 amide bonds. The number of nitrogens with zero attached hydrogens (tertiary/aromatic N) is 1. The van der Waals surface area contributed by atoms with Gasteiger partial charge in [0.2, 0.25) is 5.91 Å². The fourth-order valence-electron chi connectivity index (χ4n) is 2.16. The summed E-state index contributed by atoms with van der Waals surface area (Å²) in [6.45, 7) is 8.83. The van der Waals surface area contributed by atoms with Crippen LogP contribution in [0.3, 0.4) is 0 Å². The van der Waals surface area contributed by atoms with Crippen molar-refractivity contribution >= 4 is 5.91 Å². The molecule has 0 bridgehead atoms. The van der Waals surface area contributed by atoms with E-state index >= 15 is 0 Å². The van der Waals surface area contributed by atoms with Crippen molar-refractivity contribution in [2.45, 2.75) is 46.1 Å². The van der Waals surface area contributed by atoms with Gasteiger partial charge in [0.05, 0.1) is 0 Å². The normalized spacial score (nSPS) is 10.8. The number of rotatable bonds is 9. The van der Waals surface area contributed by atoms with Gasteiger partial charge in [-0.2, -0.15) is 0 Å². The highest BCUT2D eigenvalue weighted by Gasteiger charge is 2.10. The molecule has 1 rings (SSSR count). The molecule has 0 fully saturated rings. The summed E-state index contributed by atoms with van der Waals surface area (Å²) in [6, 6.07) is 10.8. The Kier molecular flexibility index (Phi) is 7.97. The fraction of sp³-hybridized carbons (Fsp3) is 0.588. The average molecular weight is 276 g/mol. The number of carbonyl (C=O) groups is 1. The van der Waals surface area contributed by atoms with Gasteiger partial charge in [-0.05, 0) is 31.9 Å². The smallest absolute Gasteiger partial charge is 0.222 e. The van der Waals surface area contributed by atoms with Crippen LogP contribution in [-0.2, 0) is 11.2 Å². The van der Waals surface area contributed by atoms with E-state index in [1.54, 1.807) is 0 Å². The molecule has 0 aliphatic heterocycles. The lowest BCUT2D eigenvalue weighted by Crippen LogP contribution is -2.33. The first kappa shape index (κ1) is 16.7. The molecule has 0 saturated heterocycles. The molecule has 0 aromatic heterocycles. The molecule has 3 nitrogen and oxygen atoms in total. The second-order valence-electron chi connectivity index (χ2n) is 5.42. The van der Waals surface area contributed by atoms with E-state index in [1.807, 2.05) is 23.1 Å². The van der Waals surface area contributed by atoms with Crippen molar-refractivity contribution in [3.63, 3.8) is 0 Å². The van der Waals surface area contributed by atoms with E-state index in [-0.39, 0.29) is 5.91 Å². The minimum Gasteiger partial charge on any atom is -0.343 e. The molecule has 0 heterocycles. The first-order chi connectivity index (χ1) is 9.63.